The van der Waals surface area contributed by atoms with Gasteiger partial charge in [0.15, 0.2) is 0 Å². The summed E-state index contributed by atoms with van der Waals surface area (Å²) in [5, 5.41) is 12.7. The number of benzene rings is 10. The molecule has 0 heteroatoms. The first-order valence-electron chi connectivity index (χ1n) is 17.4. The Hall–Kier alpha value is -6.50. The summed E-state index contributed by atoms with van der Waals surface area (Å²) < 4.78 is 0. The Kier molecular flexibility index (Phi) is 6.60. The topological polar surface area (TPSA) is 0 Å². The zero-order valence-corrected chi connectivity index (χ0v) is 27.5. The second-order valence-corrected chi connectivity index (χ2v) is 13.1. The van der Waals surface area contributed by atoms with Gasteiger partial charge >= 0.3 is 0 Å². The summed E-state index contributed by atoms with van der Waals surface area (Å²) >= 11 is 0. The van der Waals surface area contributed by atoms with Gasteiger partial charge in [0.1, 0.15) is 0 Å². The molecule has 10 aromatic rings. The highest BCUT2D eigenvalue weighted by atomic mass is 14.2. The van der Waals surface area contributed by atoms with Gasteiger partial charge in [-0.05, 0) is 104 Å². The molecule has 232 valence electrons. The van der Waals surface area contributed by atoms with Gasteiger partial charge in [-0.2, -0.15) is 0 Å². The van der Waals surface area contributed by atoms with E-state index < -0.39 is 0 Å². The summed E-state index contributed by atoms with van der Waals surface area (Å²) in [6, 6.07) is 71.2. The van der Waals surface area contributed by atoms with E-state index in [9.17, 15) is 0 Å². The molecule has 0 N–H and O–H groups in total. The van der Waals surface area contributed by atoms with Crippen LogP contribution in [0.2, 0.25) is 0 Å². The molecular weight excluding hydrogens is 601 g/mol. The van der Waals surface area contributed by atoms with Crippen molar-refractivity contribution in [2.75, 3.05) is 0 Å². The van der Waals surface area contributed by atoms with Crippen molar-refractivity contribution in [2.45, 2.75) is 0 Å². The first kappa shape index (κ1) is 28.5. The maximum atomic E-state index is 2.40. The third kappa shape index (κ3) is 4.39. The van der Waals surface area contributed by atoms with Crippen LogP contribution in [-0.4, -0.2) is 0 Å². The maximum Gasteiger partial charge on any atom is -0.00199 e. The predicted molar refractivity (Wildman–Crippen MR) is 216 cm³/mol. The highest BCUT2D eigenvalue weighted by molar-refractivity contribution is 6.27. The lowest BCUT2D eigenvalue weighted by Crippen LogP contribution is -1.94. The molecule has 0 saturated carbocycles. The van der Waals surface area contributed by atoms with Crippen molar-refractivity contribution >= 4 is 53.9 Å². The zero-order valence-electron chi connectivity index (χ0n) is 27.5. The van der Waals surface area contributed by atoms with E-state index in [-0.39, 0.29) is 0 Å². The average molecular weight is 633 g/mol. The molecular formula is C50H32. The Morgan fingerprint density at radius 1 is 0.200 bits per heavy atom. The molecule has 0 amide bonds. The monoisotopic (exact) mass is 632 g/mol. The van der Waals surface area contributed by atoms with Gasteiger partial charge in [0, 0.05) is 0 Å². The van der Waals surface area contributed by atoms with Crippen molar-refractivity contribution < 1.29 is 0 Å². The van der Waals surface area contributed by atoms with Crippen LogP contribution in [0.4, 0.5) is 0 Å². The summed E-state index contributed by atoms with van der Waals surface area (Å²) in [6.45, 7) is 0. The molecule has 0 atom stereocenters. The fourth-order valence-corrected chi connectivity index (χ4v) is 8.31. The molecule has 50 heavy (non-hydrogen) atoms. The van der Waals surface area contributed by atoms with Crippen molar-refractivity contribution in [3.63, 3.8) is 0 Å². The van der Waals surface area contributed by atoms with Gasteiger partial charge in [-0.15, -0.1) is 0 Å². The van der Waals surface area contributed by atoms with Crippen molar-refractivity contribution in [1.29, 1.82) is 0 Å². The quantitative estimate of drug-likeness (QED) is 0.134. The van der Waals surface area contributed by atoms with Crippen molar-refractivity contribution in [3.05, 3.63) is 194 Å². The normalized spacial score (nSPS) is 11.6. The van der Waals surface area contributed by atoms with Gasteiger partial charge in [0.05, 0.1) is 0 Å². The van der Waals surface area contributed by atoms with E-state index in [4.69, 9.17) is 0 Å². The summed E-state index contributed by atoms with van der Waals surface area (Å²) in [5.74, 6) is 0. The molecule has 0 radical (unpaired) electrons. The Balaban J connectivity index is 1.29. The van der Waals surface area contributed by atoms with E-state index in [2.05, 4.69) is 194 Å². The number of hydrogen-bond acceptors (Lipinski definition) is 0. The Morgan fingerprint density at radius 2 is 0.600 bits per heavy atom. The fourth-order valence-electron chi connectivity index (χ4n) is 8.31. The number of fused-ring (bicyclic) bond motifs is 6. The number of hydrogen-bond donors (Lipinski definition) is 0. The zero-order chi connectivity index (χ0) is 33.0. The van der Waals surface area contributed by atoms with Crippen LogP contribution in [0.15, 0.2) is 194 Å². The standard InChI is InChI=1S/C50H32/c1-2-16-33(17-3-1)35-19-6-7-21-37(35)42-30-31-47(40-24-10-9-23-39(40)42)49-43-26-12-14-28-45(43)50(46-29-15-13-27-44(46)49)48-32-34-18-4-5-20-36(34)38-22-8-11-25-41(38)48/h1-32H. The molecule has 0 aliphatic heterocycles. The molecule has 0 saturated heterocycles. The molecule has 0 fully saturated rings. The molecule has 0 aromatic heterocycles. The summed E-state index contributed by atoms with van der Waals surface area (Å²) in [6.07, 6.45) is 0. The number of rotatable bonds is 4. The van der Waals surface area contributed by atoms with Crippen LogP contribution in [-0.2, 0) is 0 Å². The first-order chi connectivity index (χ1) is 24.8. The van der Waals surface area contributed by atoms with E-state index >= 15 is 0 Å². The van der Waals surface area contributed by atoms with E-state index in [0.29, 0.717) is 0 Å². The van der Waals surface area contributed by atoms with Crippen molar-refractivity contribution in [3.8, 4) is 44.5 Å². The average Bonchev–Trinajstić information content (AvgIpc) is 3.20. The third-order valence-electron chi connectivity index (χ3n) is 10.5. The molecule has 0 aliphatic carbocycles. The minimum Gasteiger partial charge on any atom is -0.0622 e. The molecule has 0 spiro atoms. The molecule has 0 heterocycles. The van der Waals surface area contributed by atoms with Gasteiger partial charge in [-0.3, -0.25) is 0 Å². The SMILES string of the molecule is c1ccc(-c2ccccc2-c2ccc(-c3c4ccccc4c(-c4cc5ccccc5c5ccccc45)c4ccccc34)c3ccccc23)cc1. The second kappa shape index (κ2) is 11.6. The van der Waals surface area contributed by atoms with E-state index in [1.165, 1.54) is 98.4 Å². The minimum absolute atomic E-state index is 1.23. The summed E-state index contributed by atoms with van der Waals surface area (Å²) in [4.78, 5) is 0. The lowest BCUT2D eigenvalue weighted by Gasteiger charge is -2.21. The minimum atomic E-state index is 1.23. The molecule has 10 rings (SSSR count). The van der Waals surface area contributed by atoms with Crippen LogP contribution in [0.1, 0.15) is 0 Å². The summed E-state index contributed by atoms with van der Waals surface area (Å²) in [7, 11) is 0. The molecule has 0 nitrogen and oxygen atoms in total. The van der Waals surface area contributed by atoms with Crippen LogP contribution in [0.25, 0.3) is 98.4 Å². The van der Waals surface area contributed by atoms with Crippen LogP contribution < -0.4 is 0 Å². The Labute approximate surface area is 291 Å². The van der Waals surface area contributed by atoms with E-state index in [1.54, 1.807) is 0 Å². The van der Waals surface area contributed by atoms with E-state index in [0.717, 1.165) is 0 Å². The highest BCUT2D eigenvalue weighted by Gasteiger charge is 2.21. The van der Waals surface area contributed by atoms with Gasteiger partial charge in [-0.25, -0.2) is 0 Å². The smallest absolute Gasteiger partial charge is 0.00199 e. The fraction of sp³-hybridized carbons (Fsp3) is 0. The predicted octanol–water partition coefficient (Wildman–Crippen LogP) is 14.1. The lowest BCUT2D eigenvalue weighted by atomic mass is 9.82. The van der Waals surface area contributed by atoms with Gasteiger partial charge in [-0.1, -0.05) is 188 Å². The van der Waals surface area contributed by atoms with Gasteiger partial charge < -0.3 is 0 Å². The summed E-state index contributed by atoms with van der Waals surface area (Å²) in [5.41, 5.74) is 10.1. The van der Waals surface area contributed by atoms with Gasteiger partial charge in [0.2, 0.25) is 0 Å². The van der Waals surface area contributed by atoms with Crippen LogP contribution in [0.3, 0.4) is 0 Å². The van der Waals surface area contributed by atoms with Crippen LogP contribution in [0.5, 0.6) is 0 Å². The van der Waals surface area contributed by atoms with Crippen LogP contribution >= 0.6 is 0 Å². The van der Waals surface area contributed by atoms with Crippen molar-refractivity contribution in [2.24, 2.45) is 0 Å². The molecule has 10 aromatic carbocycles. The Bertz CT molecular complexity index is 2860. The van der Waals surface area contributed by atoms with Gasteiger partial charge in [0.25, 0.3) is 0 Å². The largest absolute Gasteiger partial charge is 0.0622 e. The molecule has 0 bridgehead atoms. The van der Waals surface area contributed by atoms with Crippen LogP contribution in [0, 0.1) is 0 Å². The third-order valence-corrected chi connectivity index (χ3v) is 10.5. The molecule has 0 unspecified atom stereocenters. The maximum absolute atomic E-state index is 2.40. The molecule has 0 aliphatic rings. The van der Waals surface area contributed by atoms with Crippen molar-refractivity contribution in [1.82, 2.24) is 0 Å². The highest BCUT2D eigenvalue weighted by Crippen LogP contribution is 2.48. The van der Waals surface area contributed by atoms with E-state index in [1.807, 2.05) is 0 Å². The lowest BCUT2D eigenvalue weighted by molar-refractivity contribution is 1.60. The first-order valence-corrected chi connectivity index (χ1v) is 17.4. The Morgan fingerprint density at radius 3 is 1.22 bits per heavy atom. The second-order valence-electron chi connectivity index (χ2n) is 13.1.